The quantitative estimate of drug-likeness (QED) is 0.112. The van der Waals surface area contributed by atoms with Crippen LogP contribution in [0, 0.1) is 0 Å². The SMILES string of the molecule is COC(=O)C(Cc1ccccc1)NC(=O)C(N)CC(=O)O[C@@H]([C@H](O)[C@H](O)CO)[C@H](C=O)NC(C)=O. The van der Waals surface area contributed by atoms with Gasteiger partial charge in [-0.15, -0.1) is 0 Å². The van der Waals surface area contributed by atoms with Gasteiger partial charge in [-0.25, -0.2) is 4.79 Å². The van der Waals surface area contributed by atoms with E-state index in [-0.39, 0.29) is 12.7 Å². The van der Waals surface area contributed by atoms with Crippen LogP contribution in [0.5, 0.6) is 0 Å². The van der Waals surface area contributed by atoms with Crippen LogP contribution < -0.4 is 16.4 Å². The summed E-state index contributed by atoms with van der Waals surface area (Å²) >= 11 is 0. The number of rotatable bonds is 14. The van der Waals surface area contributed by atoms with E-state index >= 15 is 0 Å². The standard InChI is InChI=1S/C22H31N3O10/c1-12(28)24-16(10-26)20(19(31)17(29)11-27)35-18(30)9-14(23)21(32)25-15(22(33)34-2)8-13-6-4-3-5-7-13/h3-7,10,14-17,19-20,27,29,31H,8-9,11,23H2,1-2H3,(H,24,28)(H,25,32)/t14?,15?,16-,17+,19+,20+/m0/s1. The van der Waals surface area contributed by atoms with E-state index in [0.29, 0.717) is 0 Å². The molecule has 0 aromatic heterocycles. The number of aldehydes is 1. The van der Waals surface area contributed by atoms with Gasteiger partial charge in [0.05, 0.1) is 26.2 Å². The van der Waals surface area contributed by atoms with Gasteiger partial charge >= 0.3 is 11.9 Å². The highest BCUT2D eigenvalue weighted by Gasteiger charge is 2.37. The molecule has 7 N–H and O–H groups in total. The lowest BCUT2D eigenvalue weighted by Crippen LogP contribution is -2.55. The predicted octanol–water partition coefficient (Wildman–Crippen LogP) is -3.07. The number of carbonyl (C=O) groups is 5. The molecule has 0 spiro atoms. The number of hydrogen-bond acceptors (Lipinski definition) is 11. The highest BCUT2D eigenvalue weighted by molar-refractivity contribution is 5.90. The summed E-state index contributed by atoms with van der Waals surface area (Å²) in [5, 5.41) is 33.5. The average molecular weight is 498 g/mol. The molecule has 0 aliphatic carbocycles. The first-order valence-corrected chi connectivity index (χ1v) is 10.6. The summed E-state index contributed by atoms with van der Waals surface area (Å²) in [5.41, 5.74) is 6.50. The number of nitrogens with two attached hydrogens (primary N) is 1. The summed E-state index contributed by atoms with van der Waals surface area (Å²) in [6.07, 6.45) is -6.02. The second-order valence-corrected chi connectivity index (χ2v) is 7.64. The first-order valence-electron chi connectivity index (χ1n) is 10.6. The Morgan fingerprint density at radius 2 is 1.74 bits per heavy atom. The molecule has 0 fully saturated rings. The molecule has 0 saturated heterocycles. The second-order valence-electron chi connectivity index (χ2n) is 7.64. The number of aliphatic hydroxyl groups is 3. The molecular weight excluding hydrogens is 466 g/mol. The number of carbonyl (C=O) groups excluding carboxylic acids is 5. The van der Waals surface area contributed by atoms with Crippen molar-refractivity contribution in [2.24, 2.45) is 5.73 Å². The number of benzene rings is 1. The van der Waals surface area contributed by atoms with E-state index in [4.69, 9.17) is 20.3 Å². The number of nitrogens with one attached hydrogen (secondary N) is 2. The van der Waals surface area contributed by atoms with Crippen LogP contribution in [0.15, 0.2) is 30.3 Å². The molecule has 35 heavy (non-hydrogen) atoms. The van der Waals surface area contributed by atoms with Crippen LogP contribution in [-0.2, 0) is 39.9 Å². The molecule has 0 aliphatic heterocycles. The summed E-state index contributed by atoms with van der Waals surface area (Å²) in [7, 11) is 1.15. The zero-order valence-corrected chi connectivity index (χ0v) is 19.3. The van der Waals surface area contributed by atoms with Gasteiger partial charge in [-0.1, -0.05) is 30.3 Å². The van der Waals surface area contributed by atoms with Crippen LogP contribution in [0.1, 0.15) is 18.9 Å². The van der Waals surface area contributed by atoms with Gasteiger partial charge in [0, 0.05) is 13.3 Å². The van der Waals surface area contributed by atoms with Crippen molar-refractivity contribution < 1.29 is 48.8 Å². The maximum absolute atomic E-state index is 12.5. The minimum atomic E-state index is -1.95. The number of hydrogen-bond donors (Lipinski definition) is 6. The van der Waals surface area contributed by atoms with Crippen LogP contribution in [0.3, 0.4) is 0 Å². The van der Waals surface area contributed by atoms with Crippen LogP contribution in [0.4, 0.5) is 0 Å². The lowest BCUT2D eigenvalue weighted by Gasteiger charge is -2.30. The van der Waals surface area contributed by atoms with Crippen molar-refractivity contribution in [2.45, 2.75) is 56.2 Å². The maximum Gasteiger partial charge on any atom is 0.328 e. The average Bonchev–Trinajstić information content (AvgIpc) is 2.84. The fourth-order valence-electron chi connectivity index (χ4n) is 3.05. The van der Waals surface area contributed by atoms with Gasteiger partial charge < -0.3 is 46.0 Å². The molecule has 2 amide bonds. The molecule has 0 heterocycles. The molecule has 2 unspecified atom stereocenters. The molecule has 1 aromatic rings. The minimum absolute atomic E-state index is 0.0987. The lowest BCUT2D eigenvalue weighted by atomic mass is 10.0. The van der Waals surface area contributed by atoms with E-state index in [1.165, 1.54) is 0 Å². The summed E-state index contributed by atoms with van der Waals surface area (Å²) in [6.45, 7) is 0.136. The van der Waals surface area contributed by atoms with Crippen molar-refractivity contribution in [3.05, 3.63) is 35.9 Å². The number of ether oxygens (including phenoxy) is 2. The van der Waals surface area contributed by atoms with E-state index in [9.17, 15) is 34.2 Å². The molecule has 0 bridgehead atoms. The number of methoxy groups -OCH3 is 1. The van der Waals surface area contributed by atoms with Crippen molar-refractivity contribution in [1.82, 2.24) is 10.6 Å². The van der Waals surface area contributed by atoms with Crippen molar-refractivity contribution in [3.8, 4) is 0 Å². The maximum atomic E-state index is 12.5. The Balaban J connectivity index is 2.88. The Kier molecular flexibility index (Phi) is 12.5. The highest BCUT2D eigenvalue weighted by atomic mass is 16.6. The predicted molar refractivity (Wildman–Crippen MR) is 119 cm³/mol. The van der Waals surface area contributed by atoms with Gasteiger partial charge in [-0.3, -0.25) is 14.4 Å². The Morgan fingerprint density at radius 1 is 1.11 bits per heavy atom. The first kappa shape index (κ1) is 29.6. The molecular formula is C22H31N3O10. The third kappa shape index (κ3) is 9.78. The summed E-state index contributed by atoms with van der Waals surface area (Å²) in [4.78, 5) is 59.7. The zero-order chi connectivity index (χ0) is 26.5. The van der Waals surface area contributed by atoms with E-state index in [1.54, 1.807) is 30.3 Å². The first-order chi connectivity index (χ1) is 16.5. The molecule has 1 aromatic carbocycles. The zero-order valence-electron chi connectivity index (χ0n) is 19.3. The Labute approximate surface area is 201 Å². The van der Waals surface area contributed by atoms with Crippen molar-refractivity contribution in [1.29, 1.82) is 0 Å². The summed E-state index contributed by atoms with van der Waals surface area (Å²) < 4.78 is 9.72. The molecule has 13 nitrogen and oxygen atoms in total. The van der Waals surface area contributed by atoms with Gasteiger partial charge in [-0.2, -0.15) is 0 Å². The van der Waals surface area contributed by atoms with Crippen LogP contribution in [-0.4, -0.2) is 95.5 Å². The van der Waals surface area contributed by atoms with E-state index < -0.39 is 73.2 Å². The van der Waals surface area contributed by atoms with Gasteiger partial charge in [-0.05, 0) is 5.56 Å². The number of amides is 2. The minimum Gasteiger partial charge on any atom is -0.467 e. The van der Waals surface area contributed by atoms with Crippen LogP contribution in [0.2, 0.25) is 0 Å². The molecule has 1 rings (SSSR count). The van der Waals surface area contributed by atoms with E-state index in [2.05, 4.69) is 10.6 Å². The van der Waals surface area contributed by atoms with Crippen molar-refractivity contribution in [2.75, 3.05) is 13.7 Å². The molecule has 194 valence electrons. The molecule has 0 radical (unpaired) electrons. The van der Waals surface area contributed by atoms with Gasteiger partial charge in [0.15, 0.2) is 6.10 Å². The van der Waals surface area contributed by atoms with E-state index in [0.717, 1.165) is 19.6 Å². The van der Waals surface area contributed by atoms with Gasteiger partial charge in [0.2, 0.25) is 11.8 Å². The molecule has 0 saturated carbocycles. The third-order valence-electron chi connectivity index (χ3n) is 4.86. The Hall–Kier alpha value is -3.39. The smallest absolute Gasteiger partial charge is 0.328 e. The van der Waals surface area contributed by atoms with Crippen LogP contribution >= 0.6 is 0 Å². The largest absolute Gasteiger partial charge is 0.467 e. The normalized spacial score (nSPS) is 15.9. The fraction of sp³-hybridized carbons (Fsp3) is 0.500. The second kappa shape index (κ2) is 14.8. The fourth-order valence-corrected chi connectivity index (χ4v) is 3.05. The topological polar surface area (TPSA) is 215 Å². The highest BCUT2D eigenvalue weighted by Crippen LogP contribution is 2.12. The van der Waals surface area contributed by atoms with Gasteiger partial charge in [0.25, 0.3) is 0 Å². The summed E-state index contributed by atoms with van der Waals surface area (Å²) in [5.74, 6) is -3.47. The van der Waals surface area contributed by atoms with Crippen molar-refractivity contribution >= 4 is 30.0 Å². The molecule has 0 aliphatic rings. The molecule has 13 heteroatoms. The lowest BCUT2D eigenvalue weighted by molar-refractivity contribution is -0.166. The third-order valence-corrected chi connectivity index (χ3v) is 4.86. The Morgan fingerprint density at radius 3 is 2.26 bits per heavy atom. The Bertz CT molecular complexity index is 866. The monoisotopic (exact) mass is 497 g/mol. The van der Waals surface area contributed by atoms with Crippen molar-refractivity contribution in [3.63, 3.8) is 0 Å². The summed E-state index contributed by atoms with van der Waals surface area (Å²) in [6, 6.07) is 4.61. The number of esters is 2. The molecule has 6 atom stereocenters. The number of aliphatic hydroxyl groups excluding tert-OH is 3. The van der Waals surface area contributed by atoms with Crippen LogP contribution in [0.25, 0.3) is 0 Å². The van der Waals surface area contributed by atoms with Gasteiger partial charge in [0.1, 0.15) is 30.6 Å². The van der Waals surface area contributed by atoms with E-state index in [1.807, 2.05) is 0 Å².